The van der Waals surface area contributed by atoms with Crippen LogP contribution in [0.25, 0.3) is 0 Å². The summed E-state index contributed by atoms with van der Waals surface area (Å²) in [5.41, 5.74) is -1.48. The number of aliphatic hydroxyl groups excluding tert-OH is 20. The molecule has 2 aliphatic heterocycles. The van der Waals surface area contributed by atoms with Crippen molar-refractivity contribution >= 4 is 0 Å². The van der Waals surface area contributed by atoms with E-state index in [0.29, 0.717) is 12.8 Å². The van der Waals surface area contributed by atoms with E-state index in [1.165, 1.54) is 19.4 Å². The smallest absolute Gasteiger partial charge is 0.259 e. The number of aliphatic hydroxyl groups is 21. The summed E-state index contributed by atoms with van der Waals surface area (Å²) in [5.74, 6) is -6.74. The van der Waals surface area contributed by atoms with Crippen molar-refractivity contribution in [2.24, 2.45) is 45.3 Å². The Morgan fingerprint density at radius 3 is 1.74 bits per heavy atom. The Morgan fingerprint density at radius 1 is 0.602 bits per heavy atom. The molecule has 0 aromatic heterocycles. The molecule has 0 aromatic carbocycles. The van der Waals surface area contributed by atoms with E-state index in [4.69, 9.17) is 38.3 Å². The second-order valence-electron chi connectivity index (χ2n) is 26.9. The quantitative estimate of drug-likeness (QED) is 0.0262. The summed E-state index contributed by atoms with van der Waals surface area (Å²) in [6, 6.07) is 0. The van der Waals surface area contributed by atoms with Gasteiger partial charge in [0.25, 0.3) is 6.29 Å². The number of rotatable bonds is 29. The molecule has 0 radical (unpaired) electrons. The predicted molar refractivity (Wildman–Crippen MR) is 305 cm³/mol. The molecule has 2 heterocycles. The minimum atomic E-state index is -2.66. The van der Waals surface area contributed by atoms with Gasteiger partial charge in [-0.05, 0) is 112 Å². The Morgan fingerprint density at radius 2 is 1.16 bits per heavy atom. The molecule has 6 rings (SSSR count). The van der Waals surface area contributed by atoms with Crippen molar-refractivity contribution in [3.63, 3.8) is 0 Å². The van der Waals surface area contributed by atoms with Gasteiger partial charge in [-0.3, -0.25) is 0 Å². The van der Waals surface area contributed by atoms with E-state index in [2.05, 4.69) is 47.6 Å². The van der Waals surface area contributed by atoms with Crippen LogP contribution in [0.3, 0.4) is 0 Å². The van der Waals surface area contributed by atoms with Gasteiger partial charge >= 0.3 is 0 Å². The highest BCUT2D eigenvalue weighted by Gasteiger charge is 2.68. The number of hydrogen-bond donors (Lipinski definition) is 21. The first-order valence-corrected chi connectivity index (χ1v) is 30.6. The average molecular weight is 1270 g/mol. The molecule has 0 aromatic rings. The lowest BCUT2D eigenvalue weighted by atomic mass is 9.39. The molecule has 0 spiro atoms. The van der Waals surface area contributed by atoms with Crippen LogP contribution < -0.4 is 0 Å². The Hall–Kier alpha value is -3.12. The van der Waals surface area contributed by atoms with E-state index < -0.39 is 209 Å². The van der Waals surface area contributed by atoms with Crippen LogP contribution in [0.15, 0.2) is 46.2 Å². The van der Waals surface area contributed by atoms with Crippen molar-refractivity contribution < 1.29 is 140 Å². The highest BCUT2D eigenvalue weighted by atomic mass is 16.7. The first-order valence-electron chi connectivity index (χ1n) is 30.6. The van der Waals surface area contributed by atoms with Crippen LogP contribution >= 0.6 is 0 Å². The fraction of sp³-hybridized carbons (Fsp3) is 0.867. The molecule has 5 fully saturated rings. The van der Waals surface area contributed by atoms with E-state index in [9.17, 15) is 102 Å². The fourth-order valence-electron chi connectivity index (χ4n) is 15.3. The van der Waals surface area contributed by atoms with Gasteiger partial charge in [0, 0.05) is 37.9 Å². The maximum absolute atomic E-state index is 11.6. The molecule has 28 nitrogen and oxygen atoms in total. The number of fused-ring (bicyclic) bond motifs is 5. The van der Waals surface area contributed by atoms with Crippen LogP contribution in [-0.4, -0.2) is 257 Å². The molecule has 6 aliphatic rings. The normalized spacial score (nSPS) is 38.7. The van der Waals surface area contributed by atoms with Crippen LogP contribution in [0.1, 0.15) is 132 Å². The lowest BCUT2D eigenvalue weighted by Gasteiger charge is -2.66. The van der Waals surface area contributed by atoms with Crippen molar-refractivity contribution in [2.75, 3.05) is 33.0 Å². The van der Waals surface area contributed by atoms with Gasteiger partial charge in [0.2, 0.25) is 18.3 Å². The summed E-state index contributed by atoms with van der Waals surface area (Å²) in [7, 11) is 0. The van der Waals surface area contributed by atoms with Crippen LogP contribution in [0.4, 0.5) is 0 Å². The lowest BCUT2D eigenvalue weighted by molar-refractivity contribution is -0.365. The number of allylic oxidation sites excluding steroid dienone is 1. The molecule has 510 valence electrons. The van der Waals surface area contributed by atoms with Gasteiger partial charge in [-0.1, -0.05) is 53.2 Å². The standard InChI is InChI=1S/C60H102O28/c1-27(9-13-38(57(4,5)81)85-53(80)50(87-52(79)46(75)40(69)32(66)17-23-62)41(70)33(67)18-24-82-51(78)45(74)39(68)31(65)16-22-61)28-15-19-60(8)36-12-10-29-30(58(36,6)20-21-59(28,60)7)11-14-37(56(29,2)3)86-54-48(77)44(73)49(35(26-64)84-54)88-55-47(76)43(72)42(71)34(25-63)83-55/h10,27-28,30-38,42-44,47-49,51-55,61-81H,9,11-26H2,1-8H3/b45-39-,46-40+,50-41+. The van der Waals surface area contributed by atoms with Crippen LogP contribution in [-0.2, 0) is 33.2 Å². The minimum Gasteiger partial charge on any atom is -0.506 e. The zero-order chi connectivity index (χ0) is 65.9. The van der Waals surface area contributed by atoms with Crippen molar-refractivity contribution in [3.8, 4) is 0 Å². The number of hydrogen-bond acceptors (Lipinski definition) is 28. The summed E-state index contributed by atoms with van der Waals surface area (Å²) in [5, 5.41) is 220. The molecule has 4 aliphatic carbocycles. The van der Waals surface area contributed by atoms with Crippen LogP contribution in [0.5, 0.6) is 0 Å². The maximum Gasteiger partial charge on any atom is 0.259 e. The van der Waals surface area contributed by atoms with E-state index >= 15 is 0 Å². The summed E-state index contributed by atoms with van der Waals surface area (Å²) >= 11 is 0. The number of ether oxygens (including phenoxy) is 7. The molecule has 0 bridgehead atoms. The highest BCUT2D eigenvalue weighted by Crippen LogP contribution is 2.75. The van der Waals surface area contributed by atoms with Gasteiger partial charge in [0.1, 0.15) is 67.1 Å². The van der Waals surface area contributed by atoms with Gasteiger partial charge in [-0.2, -0.15) is 0 Å². The summed E-state index contributed by atoms with van der Waals surface area (Å²) in [6.45, 7) is 12.9. The Bertz CT molecular complexity index is 2390. The topological polar surface area (TPSA) is 489 Å². The second kappa shape index (κ2) is 29.9. The van der Waals surface area contributed by atoms with Gasteiger partial charge in [-0.25, -0.2) is 0 Å². The zero-order valence-corrected chi connectivity index (χ0v) is 51.5. The van der Waals surface area contributed by atoms with E-state index in [1.54, 1.807) is 0 Å². The van der Waals surface area contributed by atoms with Gasteiger partial charge in [0.05, 0.1) is 37.6 Å². The summed E-state index contributed by atoms with van der Waals surface area (Å²) in [6.07, 6.45) is -23.6. The molecule has 28 heteroatoms. The molecule has 0 amide bonds. The maximum atomic E-state index is 11.6. The molecular weight excluding hydrogens is 1170 g/mol. The van der Waals surface area contributed by atoms with E-state index in [1.807, 2.05) is 0 Å². The monoisotopic (exact) mass is 1270 g/mol. The SMILES string of the molecule is CC(CCC(OC(O)/C(OC(O)/C(O)=C(\O)C(O)CCO)=C(\O)C(O)CCOC(O)/C(O)=C(/O)C(O)CCO)C(C)(C)O)C1CCC2(C)C3CC=C4C(CCC(OC5OC(CO)C(OC6OC(CO)C(O)C(O)C6O)C(O)C5O)C4(C)C)C3(C)CCC12C. The second-order valence-corrected chi connectivity index (χ2v) is 26.9. The Labute approximate surface area is 512 Å². The molecule has 2 saturated heterocycles. The summed E-state index contributed by atoms with van der Waals surface area (Å²) in [4.78, 5) is 0. The average Bonchev–Trinajstić information content (AvgIpc) is 1.31. The molecule has 21 N–H and O–H groups in total. The highest BCUT2D eigenvalue weighted by molar-refractivity contribution is 5.31. The Kier molecular flexibility index (Phi) is 25.1. The third-order valence-corrected chi connectivity index (χ3v) is 20.9. The van der Waals surface area contributed by atoms with Crippen molar-refractivity contribution in [3.05, 3.63) is 46.2 Å². The van der Waals surface area contributed by atoms with Crippen molar-refractivity contribution in [1.29, 1.82) is 0 Å². The predicted octanol–water partition coefficient (Wildman–Crippen LogP) is -0.176. The molecule has 25 unspecified atom stereocenters. The lowest BCUT2D eigenvalue weighted by Crippen LogP contribution is -2.65. The third kappa shape index (κ3) is 15.1. The molecule has 88 heavy (non-hydrogen) atoms. The fourth-order valence-corrected chi connectivity index (χ4v) is 15.3. The molecule has 25 atom stereocenters. The van der Waals surface area contributed by atoms with Crippen LogP contribution in [0, 0.1) is 45.3 Å². The van der Waals surface area contributed by atoms with Gasteiger partial charge in [-0.15, -0.1) is 0 Å². The largest absolute Gasteiger partial charge is 0.506 e. The first kappa shape index (κ1) is 73.9. The molecule has 3 saturated carbocycles. The van der Waals surface area contributed by atoms with E-state index in [-0.39, 0.29) is 46.3 Å². The zero-order valence-electron chi connectivity index (χ0n) is 51.5. The van der Waals surface area contributed by atoms with Gasteiger partial charge in [0.15, 0.2) is 41.4 Å². The third-order valence-electron chi connectivity index (χ3n) is 20.9. The van der Waals surface area contributed by atoms with Crippen molar-refractivity contribution in [2.45, 2.75) is 249 Å². The minimum absolute atomic E-state index is 0.0158. The van der Waals surface area contributed by atoms with Crippen molar-refractivity contribution in [1.82, 2.24) is 0 Å². The Balaban J connectivity index is 1.14. The first-order chi connectivity index (χ1) is 41.0. The van der Waals surface area contributed by atoms with E-state index in [0.717, 1.165) is 38.5 Å². The van der Waals surface area contributed by atoms with Crippen LogP contribution in [0.2, 0.25) is 0 Å². The molecular formula is C60H102O28. The van der Waals surface area contributed by atoms with Gasteiger partial charge < -0.3 is 140 Å². The summed E-state index contributed by atoms with van der Waals surface area (Å²) < 4.78 is 40.1.